The first kappa shape index (κ1) is 11.7. The molecule has 1 heterocycles. The molecule has 0 spiro atoms. The Morgan fingerprint density at radius 1 is 1.33 bits per heavy atom. The molecule has 1 aliphatic carbocycles. The lowest BCUT2D eigenvalue weighted by Crippen LogP contribution is -2.46. The lowest BCUT2D eigenvalue weighted by molar-refractivity contribution is 0.326. The van der Waals surface area contributed by atoms with Gasteiger partial charge in [0, 0.05) is 18.6 Å². The van der Waals surface area contributed by atoms with Crippen LogP contribution in [0.1, 0.15) is 31.2 Å². The Hall–Kier alpha value is -1.39. The van der Waals surface area contributed by atoms with E-state index in [4.69, 9.17) is 5.73 Å². The smallest absolute Gasteiger partial charge is 0.0931 e. The van der Waals surface area contributed by atoms with E-state index in [-0.39, 0.29) is 0 Å². The maximum Gasteiger partial charge on any atom is 0.0931 e. The summed E-state index contributed by atoms with van der Waals surface area (Å²) in [6, 6.07) is 7.13. The van der Waals surface area contributed by atoms with E-state index in [1.165, 1.54) is 24.8 Å². The van der Waals surface area contributed by atoms with Crippen molar-refractivity contribution in [3.05, 3.63) is 30.1 Å². The summed E-state index contributed by atoms with van der Waals surface area (Å²) in [5.41, 5.74) is 9.54. The lowest BCUT2D eigenvalue weighted by atomic mass is 9.91. The quantitative estimate of drug-likeness (QED) is 0.772. The number of nitrogens with zero attached hydrogens (tertiary/aromatic N) is 1. The molecule has 2 atom stereocenters. The highest BCUT2D eigenvalue weighted by atomic mass is 15.0. The summed E-state index contributed by atoms with van der Waals surface area (Å²) in [5.74, 6) is 0. The number of fused-ring (bicyclic) bond motifs is 1. The SMILES string of the molecule is NC1CCCCC1NCc1ccc2nc[nH]c2c1. The molecule has 1 aromatic carbocycles. The third-order valence-corrected chi connectivity index (χ3v) is 3.87. The molecule has 0 radical (unpaired) electrons. The molecule has 2 unspecified atom stereocenters. The van der Waals surface area contributed by atoms with Gasteiger partial charge in [-0.1, -0.05) is 18.9 Å². The summed E-state index contributed by atoms with van der Waals surface area (Å²) in [5, 5.41) is 3.59. The second kappa shape index (κ2) is 5.08. The standard InChI is InChI=1S/C14H20N4/c15-11-3-1-2-4-12(11)16-8-10-5-6-13-14(7-10)18-9-17-13/h5-7,9,11-12,16H,1-4,8,15H2,(H,17,18). The van der Waals surface area contributed by atoms with Gasteiger partial charge in [0.1, 0.15) is 0 Å². The maximum absolute atomic E-state index is 6.14. The van der Waals surface area contributed by atoms with Crippen LogP contribution in [-0.2, 0) is 6.54 Å². The monoisotopic (exact) mass is 244 g/mol. The van der Waals surface area contributed by atoms with Gasteiger partial charge >= 0.3 is 0 Å². The van der Waals surface area contributed by atoms with Crippen molar-refractivity contribution in [1.82, 2.24) is 15.3 Å². The van der Waals surface area contributed by atoms with Gasteiger partial charge in [-0.3, -0.25) is 0 Å². The first-order chi connectivity index (χ1) is 8.83. The molecule has 1 aromatic heterocycles. The predicted molar refractivity (Wildman–Crippen MR) is 73.2 cm³/mol. The van der Waals surface area contributed by atoms with Crippen LogP contribution < -0.4 is 11.1 Å². The molecule has 0 saturated heterocycles. The fourth-order valence-electron chi connectivity index (χ4n) is 2.75. The molecule has 1 saturated carbocycles. The number of nitrogens with one attached hydrogen (secondary N) is 2. The highest BCUT2D eigenvalue weighted by molar-refractivity contribution is 5.74. The topological polar surface area (TPSA) is 66.7 Å². The third-order valence-electron chi connectivity index (χ3n) is 3.87. The van der Waals surface area contributed by atoms with E-state index in [1.807, 2.05) is 0 Å². The molecule has 1 fully saturated rings. The van der Waals surface area contributed by atoms with Gasteiger partial charge in [0.15, 0.2) is 0 Å². The van der Waals surface area contributed by atoms with Gasteiger partial charge in [-0.2, -0.15) is 0 Å². The van der Waals surface area contributed by atoms with Crippen molar-refractivity contribution >= 4 is 11.0 Å². The first-order valence-corrected chi connectivity index (χ1v) is 6.74. The van der Waals surface area contributed by atoms with Gasteiger partial charge in [0.2, 0.25) is 0 Å². The van der Waals surface area contributed by atoms with Crippen LogP contribution in [0.2, 0.25) is 0 Å². The molecule has 4 nitrogen and oxygen atoms in total. The molecule has 96 valence electrons. The number of aromatic amines is 1. The summed E-state index contributed by atoms with van der Waals surface area (Å²) >= 11 is 0. The van der Waals surface area contributed by atoms with Gasteiger partial charge < -0.3 is 16.0 Å². The van der Waals surface area contributed by atoms with Crippen molar-refractivity contribution < 1.29 is 0 Å². The van der Waals surface area contributed by atoms with Crippen LogP contribution in [0.4, 0.5) is 0 Å². The summed E-state index contributed by atoms with van der Waals surface area (Å²) in [6.45, 7) is 0.882. The van der Waals surface area contributed by atoms with Crippen molar-refractivity contribution in [2.45, 2.75) is 44.3 Å². The minimum Gasteiger partial charge on any atom is -0.345 e. The Morgan fingerprint density at radius 2 is 2.22 bits per heavy atom. The summed E-state index contributed by atoms with van der Waals surface area (Å²) in [6.07, 6.45) is 6.66. The van der Waals surface area contributed by atoms with Crippen LogP contribution in [0, 0.1) is 0 Å². The van der Waals surface area contributed by atoms with Crippen molar-refractivity contribution in [2.75, 3.05) is 0 Å². The molecule has 18 heavy (non-hydrogen) atoms. The Bertz CT molecular complexity index is 519. The van der Waals surface area contributed by atoms with Crippen molar-refractivity contribution in [3.8, 4) is 0 Å². The number of rotatable bonds is 3. The Kier molecular flexibility index (Phi) is 3.30. The molecule has 0 amide bonds. The first-order valence-electron chi connectivity index (χ1n) is 6.74. The van der Waals surface area contributed by atoms with Gasteiger partial charge in [-0.25, -0.2) is 4.98 Å². The van der Waals surface area contributed by atoms with E-state index >= 15 is 0 Å². The zero-order chi connectivity index (χ0) is 12.4. The van der Waals surface area contributed by atoms with E-state index in [0.29, 0.717) is 12.1 Å². The maximum atomic E-state index is 6.14. The number of aromatic nitrogens is 2. The van der Waals surface area contributed by atoms with Crippen molar-refractivity contribution in [3.63, 3.8) is 0 Å². The van der Waals surface area contributed by atoms with E-state index < -0.39 is 0 Å². The number of hydrogen-bond acceptors (Lipinski definition) is 3. The van der Waals surface area contributed by atoms with E-state index in [1.54, 1.807) is 6.33 Å². The molecule has 2 aromatic rings. The summed E-state index contributed by atoms with van der Waals surface area (Å²) in [4.78, 5) is 7.37. The van der Waals surface area contributed by atoms with Crippen LogP contribution in [0.15, 0.2) is 24.5 Å². The molecule has 0 aliphatic heterocycles. The second-order valence-corrected chi connectivity index (χ2v) is 5.19. The summed E-state index contributed by atoms with van der Waals surface area (Å²) < 4.78 is 0. The number of imidazole rings is 1. The second-order valence-electron chi connectivity index (χ2n) is 5.19. The molecular formula is C14H20N4. The number of H-pyrrole nitrogens is 1. The van der Waals surface area contributed by atoms with Gasteiger partial charge in [0.05, 0.1) is 17.4 Å². The van der Waals surface area contributed by atoms with Crippen molar-refractivity contribution in [1.29, 1.82) is 0 Å². The van der Waals surface area contributed by atoms with Crippen LogP contribution in [0.5, 0.6) is 0 Å². The predicted octanol–water partition coefficient (Wildman–Crippen LogP) is 1.92. The number of hydrogen-bond donors (Lipinski definition) is 3. The molecular weight excluding hydrogens is 224 g/mol. The summed E-state index contributed by atoms with van der Waals surface area (Å²) in [7, 11) is 0. The third kappa shape index (κ3) is 2.40. The minimum atomic E-state index is 0.314. The van der Waals surface area contributed by atoms with E-state index in [9.17, 15) is 0 Å². The van der Waals surface area contributed by atoms with Gasteiger partial charge in [0.25, 0.3) is 0 Å². The van der Waals surface area contributed by atoms with Gasteiger partial charge in [-0.15, -0.1) is 0 Å². The highest BCUT2D eigenvalue weighted by Crippen LogP contribution is 2.18. The zero-order valence-electron chi connectivity index (χ0n) is 10.5. The van der Waals surface area contributed by atoms with E-state index in [2.05, 4.69) is 33.5 Å². The lowest BCUT2D eigenvalue weighted by Gasteiger charge is -2.29. The average Bonchev–Trinajstić information content (AvgIpc) is 2.85. The molecule has 0 bridgehead atoms. The minimum absolute atomic E-state index is 0.314. The Labute approximate surface area is 107 Å². The Balaban J connectivity index is 1.65. The molecule has 1 aliphatic rings. The normalized spacial score (nSPS) is 24.5. The molecule has 3 rings (SSSR count). The fraction of sp³-hybridized carbons (Fsp3) is 0.500. The van der Waals surface area contributed by atoms with Crippen LogP contribution in [0.3, 0.4) is 0 Å². The van der Waals surface area contributed by atoms with Crippen LogP contribution in [-0.4, -0.2) is 22.1 Å². The largest absolute Gasteiger partial charge is 0.345 e. The van der Waals surface area contributed by atoms with Crippen LogP contribution in [0.25, 0.3) is 11.0 Å². The molecule has 4 heteroatoms. The fourth-order valence-corrected chi connectivity index (χ4v) is 2.75. The van der Waals surface area contributed by atoms with Crippen LogP contribution >= 0.6 is 0 Å². The van der Waals surface area contributed by atoms with Gasteiger partial charge in [-0.05, 0) is 30.5 Å². The number of nitrogens with two attached hydrogens (primary N) is 1. The zero-order valence-corrected chi connectivity index (χ0v) is 10.5. The highest BCUT2D eigenvalue weighted by Gasteiger charge is 2.20. The number of benzene rings is 1. The van der Waals surface area contributed by atoms with Crippen molar-refractivity contribution in [2.24, 2.45) is 5.73 Å². The average molecular weight is 244 g/mol. The Morgan fingerprint density at radius 3 is 3.11 bits per heavy atom. The molecule has 4 N–H and O–H groups in total. The van der Waals surface area contributed by atoms with E-state index in [0.717, 1.165) is 24.0 Å².